The van der Waals surface area contributed by atoms with E-state index in [2.05, 4.69) is 58.3 Å². The van der Waals surface area contributed by atoms with Crippen LogP contribution in [0.2, 0.25) is 0 Å². The minimum Gasteiger partial charge on any atom is -0.335 e. The van der Waals surface area contributed by atoms with E-state index < -0.39 is 0 Å². The second-order valence-electron chi connectivity index (χ2n) is 4.26. The fourth-order valence-electron chi connectivity index (χ4n) is 1.80. The molecular formula is C13H17BrN2S. The van der Waals surface area contributed by atoms with E-state index >= 15 is 0 Å². The Labute approximate surface area is 115 Å². The summed E-state index contributed by atoms with van der Waals surface area (Å²) in [6.07, 6.45) is 2.48. The molecule has 17 heavy (non-hydrogen) atoms. The van der Waals surface area contributed by atoms with Gasteiger partial charge in [0.15, 0.2) is 5.17 Å². The molecule has 1 atom stereocenters. The molecule has 2 nitrogen and oxygen atoms in total. The molecule has 4 heteroatoms. The number of nitrogens with one attached hydrogen (secondary N) is 1. The van der Waals surface area contributed by atoms with Crippen LogP contribution in [0.3, 0.4) is 0 Å². The summed E-state index contributed by atoms with van der Waals surface area (Å²) in [5, 5.41) is 5.12. The zero-order valence-corrected chi connectivity index (χ0v) is 12.6. The second kappa shape index (κ2) is 5.91. The average molecular weight is 313 g/mol. The molecule has 1 aliphatic rings. The molecule has 92 valence electrons. The average Bonchev–Trinajstić information content (AvgIpc) is 2.72. The molecule has 1 heterocycles. The van der Waals surface area contributed by atoms with Gasteiger partial charge in [-0.3, -0.25) is 4.99 Å². The lowest BCUT2D eigenvalue weighted by molar-refractivity contribution is 0.754. The summed E-state index contributed by atoms with van der Waals surface area (Å²) in [5.41, 5.74) is 2.36. The molecule has 1 aliphatic heterocycles. The molecule has 0 aromatic heterocycles. The third kappa shape index (κ3) is 3.49. The van der Waals surface area contributed by atoms with E-state index in [0.29, 0.717) is 5.25 Å². The maximum atomic E-state index is 4.54. The number of rotatable bonds is 3. The lowest BCUT2D eigenvalue weighted by Crippen LogP contribution is -2.07. The number of benzene rings is 1. The number of halogens is 1. The Morgan fingerprint density at radius 3 is 3.06 bits per heavy atom. The van der Waals surface area contributed by atoms with Crippen LogP contribution in [0.4, 0.5) is 5.69 Å². The Balaban J connectivity index is 1.96. The predicted octanol–water partition coefficient (Wildman–Crippen LogP) is 4.44. The van der Waals surface area contributed by atoms with Gasteiger partial charge >= 0.3 is 0 Å². The minimum atomic E-state index is 0.666. The van der Waals surface area contributed by atoms with Crippen LogP contribution in [0.15, 0.2) is 27.7 Å². The topological polar surface area (TPSA) is 24.4 Å². The molecule has 0 radical (unpaired) electrons. The molecule has 1 N–H and O–H groups in total. The van der Waals surface area contributed by atoms with Crippen molar-refractivity contribution in [3.8, 4) is 0 Å². The van der Waals surface area contributed by atoms with Gasteiger partial charge in [0.25, 0.3) is 0 Å². The Bertz CT molecular complexity index is 431. The van der Waals surface area contributed by atoms with Crippen molar-refractivity contribution in [1.29, 1.82) is 0 Å². The molecule has 0 bridgehead atoms. The smallest absolute Gasteiger partial charge is 0.161 e. The van der Waals surface area contributed by atoms with E-state index in [4.69, 9.17) is 0 Å². The summed E-state index contributed by atoms with van der Waals surface area (Å²) in [6.45, 7) is 5.28. The van der Waals surface area contributed by atoms with Crippen LogP contribution < -0.4 is 5.32 Å². The van der Waals surface area contributed by atoms with Crippen LogP contribution in [0, 0.1) is 6.92 Å². The molecule has 0 aliphatic carbocycles. The van der Waals surface area contributed by atoms with Gasteiger partial charge in [0.1, 0.15) is 0 Å². The third-order valence-corrected chi connectivity index (χ3v) is 4.80. The summed E-state index contributed by atoms with van der Waals surface area (Å²) < 4.78 is 1.15. The van der Waals surface area contributed by atoms with Crippen LogP contribution in [0.1, 0.15) is 25.3 Å². The maximum absolute atomic E-state index is 4.54. The fraction of sp³-hybridized carbons (Fsp3) is 0.462. The molecule has 2 rings (SSSR count). The number of hydrogen-bond donors (Lipinski definition) is 1. The number of hydrogen-bond acceptors (Lipinski definition) is 3. The van der Waals surface area contributed by atoms with Crippen molar-refractivity contribution in [2.45, 2.75) is 31.9 Å². The summed E-state index contributed by atoms with van der Waals surface area (Å²) in [4.78, 5) is 4.54. The monoisotopic (exact) mass is 312 g/mol. The van der Waals surface area contributed by atoms with Crippen LogP contribution in [-0.2, 0) is 0 Å². The van der Waals surface area contributed by atoms with Gasteiger partial charge in [-0.1, -0.05) is 41.0 Å². The van der Waals surface area contributed by atoms with Crippen LogP contribution >= 0.6 is 27.7 Å². The number of aliphatic imine (C=N–C) groups is 1. The lowest BCUT2D eigenvalue weighted by Gasteiger charge is -2.09. The van der Waals surface area contributed by atoms with Crippen LogP contribution in [0.25, 0.3) is 0 Å². The minimum absolute atomic E-state index is 0.666. The third-order valence-electron chi connectivity index (χ3n) is 2.74. The molecule has 1 aromatic carbocycles. The van der Waals surface area contributed by atoms with Gasteiger partial charge in [0.2, 0.25) is 0 Å². The van der Waals surface area contributed by atoms with Gasteiger partial charge in [-0.15, -0.1) is 0 Å². The quantitative estimate of drug-likeness (QED) is 0.892. The summed E-state index contributed by atoms with van der Waals surface area (Å²) in [5.74, 6) is 0. The number of aryl methyl sites for hydroxylation is 1. The fourth-order valence-corrected chi connectivity index (χ4v) is 3.20. The van der Waals surface area contributed by atoms with Crippen LogP contribution in [0.5, 0.6) is 0 Å². The SMILES string of the molecule is CCCC1CN=C(Nc2ccc(Br)c(C)c2)S1. The van der Waals surface area contributed by atoms with E-state index in [-0.39, 0.29) is 0 Å². The van der Waals surface area contributed by atoms with E-state index in [1.807, 2.05) is 11.8 Å². The number of amidine groups is 1. The standard InChI is InChI=1S/C13H17BrN2S/c1-3-4-11-8-15-13(17-11)16-10-5-6-12(14)9(2)7-10/h5-7,11H,3-4,8H2,1-2H3,(H,15,16). The van der Waals surface area contributed by atoms with Crippen LogP contribution in [-0.4, -0.2) is 17.0 Å². The van der Waals surface area contributed by atoms with Crippen molar-refractivity contribution in [2.24, 2.45) is 4.99 Å². The molecule has 0 fully saturated rings. The van der Waals surface area contributed by atoms with Gasteiger partial charge in [-0.2, -0.15) is 0 Å². The zero-order valence-electron chi connectivity index (χ0n) is 10.2. The number of thioether (sulfide) groups is 1. The van der Waals surface area contributed by atoms with Crippen molar-refractivity contribution in [1.82, 2.24) is 0 Å². The van der Waals surface area contributed by atoms with Crippen molar-refractivity contribution >= 4 is 38.5 Å². The van der Waals surface area contributed by atoms with Crippen molar-refractivity contribution < 1.29 is 0 Å². The largest absolute Gasteiger partial charge is 0.335 e. The highest BCUT2D eigenvalue weighted by atomic mass is 79.9. The Kier molecular flexibility index (Phi) is 4.51. The van der Waals surface area contributed by atoms with E-state index in [0.717, 1.165) is 21.9 Å². The Morgan fingerprint density at radius 1 is 1.53 bits per heavy atom. The highest BCUT2D eigenvalue weighted by Gasteiger charge is 2.18. The summed E-state index contributed by atoms with van der Waals surface area (Å²) in [7, 11) is 0. The Morgan fingerprint density at radius 2 is 2.35 bits per heavy atom. The Hall–Kier alpha value is -0.480. The predicted molar refractivity (Wildman–Crippen MR) is 81.1 cm³/mol. The summed E-state index contributed by atoms with van der Waals surface area (Å²) in [6, 6.07) is 6.29. The van der Waals surface area contributed by atoms with Gasteiger partial charge < -0.3 is 5.32 Å². The van der Waals surface area contributed by atoms with Gasteiger partial charge in [0, 0.05) is 15.4 Å². The first-order chi connectivity index (χ1) is 8.19. The van der Waals surface area contributed by atoms with E-state index in [9.17, 15) is 0 Å². The lowest BCUT2D eigenvalue weighted by atomic mass is 10.2. The molecule has 0 saturated heterocycles. The van der Waals surface area contributed by atoms with Gasteiger partial charge in [-0.25, -0.2) is 0 Å². The first-order valence-corrected chi connectivity index (χ1v) is 7.60. The molecule has 1 unspecified atom stereocenters. The first-order valence-electron chi connectivity index (χ1n) is 5.93. The van der Waals surface area contributed by atoms with Gasteiger partial charge in [-0.05, 0) is 37.1 Å². The molecule has 0 saturated carbocycles. The molecular weight excluding hydrogens is 296 g/mol. The zero-order chi connectivity index (χ0) is 12.3. The van der Waals surface area contributed by atoms with Crippen molar-refractivity contribution in [2.75, 3.05) is 11.9 Å². The highest BCUT2D eigenvalue weighted by Crippen LogP contribution is 2.27. The second-order valence-corrected chi connectivity index (χ2v) is 6.41. The molecule has 0 spiro atoms. The van der Waals surface area contributed by atoms with E-state index in [1.165, 1.54) is 18.4 Å². The first kappa shape index (κ1) is 13.0. The number of anilines is 1. The summed E-state index contributed by atoms with van der Waals surface area (Å²) >= 11 is 5.38. The number of nitrogens with zero attached hydrogens (tertiary/aromatic N) is 1. The normalized spacial score (nSPS) is 19.2. The van der Waals surface area contributed by atoms with Crippen molar-refractivity contribution in [3.63, 3.8) is 0 Å². The molecule has 0 amide bonds. The van der Waals surface area contributed by atoms with E-state index in [1.54, 1.807) is 0 Å². The molecule has 1 aromatic rings. The van der Waals surface area contributed by atoms with Crippen molar-refractivity contribution in [3.05, 3.63) is 28.2 Å². The maximum Gasteiger partial charge on any atom is 0.161 e. The highest BCUT2D eigenvalue weighted by molar-refractivity contribution is 9.10. The van der Waals surface area contributed by atoms with Gasteiger partial charge in [0.05, 0.1) is 6.54 Å².